The number of hydrogen-bond donors (Lipinski definition) is 1. The number of nitrogens with one attached hydrogen (secondary N) is 1. The van der Waals surface area contributed by atoms with E-state index < -0.39 is 0 Å². The molecule has 1 aromatic heterocycles. The Morgan fingerprint density at radius 1 is 1.10 bits per heavy atom. The molecule has 1 aliphatic heterocycles. The Balaban J connectivity index is 1.65. The van der Waals surface area contributed by atoms with Gasteiger partial charge in [-0.05, 0) is 30.7 Å². The van der Waals surface area contributed by atoms with E-state index in [0.29, 0.717) is 36.3 Å². The molecule has 1 aliphatic rings. The van der Waals surface area contributed by atoms with E-state index in [0.717, 1.165) is 30.2 Å². The van der Waals surface area contributed by atoms with Gasteiger partial charge < -0.3 is 29.2 Å². The standard InChI is InChI=1S/C22H28N4O5/c1-15-11-20(26-7-9-31-10-8-26)25-19(24-15)14-23-21(27)6-5-16-12-17(28-2)22(30-4)18(13-16)29-3/h5-6,11-13H,7-10,14H2,1-4H3,(H,23,27)/b6-5+. The maximum atomic E-state index is 12.3. The fourth-order valence-corrected chi connectivity index (χ4v) is 3.24. The van der Waals surface area contributed by atoms with Gasteiger partial charge >= 0.3 is 0 Å². The van der Waals surface area contributed by atoms with Crippen LogP contribution >= 0.6 is 0 Å². The summed E-state index contributed by atoms with van der Waals surface area (Å²) in [7, 11) is 4.64. The highest BCUT2D eigenvalue weighted by molar-refractivity contribution is 5.91. The van der Waals surface area contributed by atoms with Crippen LogP contribution in [0, 0.1) is 6.92 Å². The van der Waals surface area contributed by atoms with Gasteiger partial charge in [0, 0.05) is 30.9 Å². The van der Waals surface area contributed by atoms with Crippen molar-refractivity contribution in [2.45, 2.75) is 13.5 Å². The summed E-state index contributed by atoms with van der Waals surface area (Å²) in [5.74, 6) is 2.70. The summed E-state index contributed by atoms with van der Waals surface area (Å²) in [6.45, 7) is 5.10. The van der Waals surface area contributed by atoms with Gasteiger partial charge in [-0.1, -0.05) is 0 Å². The largest absolute Gasteiger partial charge is 0.493 e. The number of rotatable bonds is 8. The molecule has 166 valence electrons. The summed E-state index contributed by atoms with van der Waals surface area (Å²) in [5.41, 5.74) is 1.60. The van der Waals surface area contributed by atoms with Crippen LogP contribution in [-0.2, 0) is 16.1 Å². The van der Waals surface area contributed by atoms with Crippen LogP contribution in [0.25, 0.3) is 6.08 Å². The first-order valence-corrected chi connectivity index (χ1v) is 9.97. The Labute approximate surface area is 182 Å². The van der Waals surface area contributed by atoms with E-state index in [-0.39, 0.29) is 12.5 Å². The number of carbonyl (C=O) groups excluding carboxylic acids is 1. The number of hydrogen-bond acceptors (Lipinski definition) is 8. The zero-order valence-corrected chi connectivity index (χ0v) is 18.3. The van der Waals surface area contributed by atoms with E-state index in [9.17, 15) is 4.79 Å². The maximum Gasteiger partial charge on any atom is 0.244 e. The lowest BCUT2D eigenvalue weighted by Gasteiger charge is -2.28. The van der Waals surface area contributed by atoms with Gasteiger partial charge in [0.2, 0.25) is 11.7 Å². The monoisotopic (exact) mass is 428 g/mol. The van der Waals surface area contributed by atoms with Gasteiger partial charge in [0.15, 0.2) is 11.5 Å². The summed E-state index contributed by atoms with van der Waals surface area (Å²) in [6.07, 6.45) is 3.12. The quantitative estimate of drug-likeness (QED) is 0.638. The number of nitrogens with zero attached hydrogens (tertiary/aromatic N) is 3. The third-order valence-electron chi connectivity index (χ3n) is 4.76. The molecule has 0 bridgehead atoms. The van der Waals surface area contributed by atoms with Gasteiger partial charge in [0.1, 0.15) is 11.6 Å². The lowest BCUT2D eigenvalue weighted by atomic mass is 10.1. The Morgan fingerprint density at radius 2 is 1.77 bits per heavy atom. The number of morpholine rings is 1. The Morgan fingerprint density at radius 3 is 2.39 bits per heavy atom. The molecule has 0 atom stereocenters. The van der Waals surface area contributed by atoms with Crippen molar-refractivity contribution in [3.05, 3.63) is 41.4 Å². The molecular weight excluding hydrogens is 400 g/mol. The van der Waals surface area contributed by atoms with Gasteiger partial charge in [-0.2, -0.15) is 0 Å². The van der Waals surface area contributed by atoms with Crippen LogP contribution in [0.3, 0.4) is 0 Å². The number of aryl methyl sites for hydroxylation is 1. The van der Waals surface area contributed by atoms with Crippen LogP contribution in [-0.4, -0.2) is 63.5 Å². The molecule has 1 saturated heterocycles. The van der Waals surface area contributed by atoms with Gasteiger partial charge in [0.05, 0.1) is 41.1 Å². The number of anilines is 1. The van der Waals surface area contributed by atoms with Crippen molar-refractivity contribution in [1.29, 1.82) is 0 Å². The molecule has 0 aliphatic carbocycles. The van der Waals surface area contributed by atoms with Crippen molar-refractivity contribution in [3.8, 4) is 17.2 Å². The predicted octanol–water partition coefficient (Wildman–Crippen LogP) is 1.98. The van der Waals surface area contributed by atoms with Crippen molar-refractivity contribution in [1.82, 2.24) is 15.3 Å². The molecule has 1 amide bonds. The van der Waals surface area contributed by atoms with E-state index in [2.05, 4.69) is 20.2 Å². The number of aromatic nitrogens is 2. The van der Waals surface area contributed by atoms with Gasteiger partial charge in [0.25, 0.3) is 0 Å². The minimum Gasteiger partial charge on any atom is -0.493 e. The zero-order chi connectivity index (χ0) is 22.2. The van der Waals surface area contributed by atoms with Crippen LogP contribution in [0.15, 0.2) is 24.3 Å². The Hall–Kier alpha value is -3.33. The normalized spacial score (nSPS) is 13.9. The highest BCUT2D eigenvalue weighted by Crippen LogP contribution is 2.38. The molecule has 1 fully saturated rings. The number of benzene rings is 1. The first-order valence-electron chi connectivity index (χ1n) is 9.97. The van der Waals surface area contributed by atoms with Crippen molar-refractivity contribution < 1.29 is 23.7 Å². The summed E-state index contributed by atoms with van der Waals surface area (Å²) in [6, 6.07) is 5.48. The molecule has 31 heavy (non-hydrogen) atoms. The molecule has 9 nitrogen and oxygen atoms in total. The SMILES string of the molecule is COc1cc(/C=C/C(=O)NCc2nc(C)cc(N3CCOCC3)n2)cc(OC)c1OC. The summed E-state index contributed by atoms with van der Waals surface area (Å²) in [5, 5.41) is 2.83. The molecular formula is C22H28N4O5. The zero-order valence-electron chi connectivity index (χ0n) is 18.3. The maximum absolute atomic E-state index is 12.3. The van der Waals surface area contributed by atoms with Crippen molar-refractivity contribution in [2.24, 2.45) is 0 Å². The highest BCUT2D eigenvalue weighted by atomic mass is 16.5. The van der Waals surface area contributed by atoms with E-state index in [1.165, 1.54) is 6.08 Å². The predicted molar refractivity (Wildman–Crippen MR) is 117 cm³/mol. The minimum absolute atomic E-state index is 0.234. The molecule has 0 unspecified atom stereocenters. The minimum atomic E-state index is -0.258. The van der Waals surface area contributed by atoms with Crippen LogP contribution in [0.5, 0.6) is 17.2 Å². The molecule has 0 radical (unpaired) electrons. The summed E-state index contributed by atoms with van der Waals surface area (Å²) < 4.78 is 21.4. The lowest BCUT2D eigenvalue weighted by molar-refractivity contribution is -0.116. The molecule has 2 aromatic rings. The number of methoxy groups -OCH3 is 3. The third-order valence-corrected chi connectivity index (χ3v) is 4.76. The third kappa shape index (κ3) is 5.85. The molecule has 0 spiro atoms. The molecule has 3 rings (SSSR count). The van der Waals surface area contributed by atoms with Crippen LogP contribution in [0.4, 0.5) is 5.82 Å². The first kappa shape index (κ1) is 22.4. The molecule has 9 heteroatoms. The first-order chi connectivity index (χ1) is 15.0. The fourth-order valence-electron chi connectivity index (χ4n) is 3.24. The lowest BCUT2D eigenvalue weighted by Crippen LogP contribution is -2.37. The van der Waals surface area contributed by atoms with Gasteiger partial charge in [-0.15, -0.1) is 0 Å². The van der Waals surface area contributed by atoms with E-state index in [1.807, 2.05) is 13.0 Å². The fraction of sp³-hybridized carbons (Fsp3) is 0.409. The van der Waals surface area contributed by atoms with Crippen LogP contribution in [0.1, 0.15) is 17.1 Å². The highest BCUT2D eigenvalue weighted by Gasteiger charge is 2.15. The smallest absolute Gasteiger partial charge is 0.244 e. The second kappa shape index (κ2) is 10.6. The molecule has 2 heterocycles. The second-order valence-corrected chi connectivity index (χ2v) is 6.89. The van der Waals surface area contributed by atoms with Crippen molar-refractivity contribution in [3.63, 3.8) is 0 Å². The second-order valence-electron chi connectivity index (χ2n) is 6.89. The van der Waals surface area contributed by atoms with Gasteiger partial charge in [-0.25, -0.2) is 9.97 Å². The van der Waals surface area contributed by atoms with Crippen LogP contribution in [0.2, 0.25) is 0 Å². The van der Waals surface area contributed by atoms with E-state index >= 15 is 0 Å². The Bertz CT molecular complexity index is 916. The number of amides is 1. The van der Waals surface area contributed by atoms with E-state index in [1.54, 1.807) is 39.5 Å². The average molecular weight is 428 g/mol. The average Bonchev–Trinajstić information content (AvgIpc) is 2.80. The Kier molecular flexibility index (Phi) is 7.66. The van der Waals surface area contributed by atoms with Crippen molar-refractivity contribution in [2.75, 3.05) is 52.5 Å². The summed E-state index contributed by atoms with van der Waals surface area (Å²) in [4.78, 5) is 23.5. The van der Waals surface area contributed by atoms with Gasteiger partial charge in [-0.3, -0.25) is 4.79 Å². The van der Waals surface area contributed by atoms with E-state index in [4.69, 9.17) is 18.9 Å². The molecule has 1 N–H and O–H groups in total. The molecule has 1 aromatic carbocycles. The summed E-state index contributed by atoms with van der Waals surface area (Å²) >= 11 is 0. The van der Waals surface area contributed by atoms with Crippen molar-refractivity contribution >= 4 is 17.8 Å². The number of carbonyl (C=O) groups is 1. The van der Waals surface area contributed by atoms with Crippen LogP contribution < -0.4 is 24.4 Å². The topological polar surface area (TPSA) is 95.0 Å². The number of ether oxygens (including phenoxy) is 4. The molecule has 0 saturated carbocycles.